The monoisotopic (exact) mass is 271 g/mol. The van der Waals surface area contributed by atoms with Gasteiger partial charge < -0.3 is 9.84 Å². The lowest BCUT2D eigenvalue weighted by molar-refractivity contribution is 0.285. The molecule has 0 saturated carbocycles. The molecule has 0 saturated heterocycles. The van der Waals surface area contributed by atoms with E-state index in [9.17, 15) is 4.39 Å². The third-order valence-electron chi connectivity index (χ3n) is 2.56. The molecule has 0 aliphatic carbocycles. The maximum absolute atomic E-state index is 13.6. The van der Waals surface area contributed by atoms with Crippen LogP contribution < -0.4 is 4.74 Å². The third-order valence-corrected chi connectivity index (χ3v) is 2.56. The van der Waals surface area contributed by atoms with Gasteiger partial charge in [-0.2, -0.15) is 0 Å². The molecule has 2 rings (SSSR count). The average Bonchev–Trinajstić information content (AvgIpc) is 2.45. The summed E-state index contributed by atoms with van der Waals surface area (Å²) < 4.78 is 19.1. The largest absolute Gasteiger partial charge is 0.484 e. The fourth-order valence-corrected chi connectivity index (χ4v) is 1.66. The summed E-state index contributed by atoms with van der Waals surface area (Å²) in [6, 6.07) is 9.92. The molecule has 0 aliphatic rings. The lowest BCUT2D eigenvalue weighted by atomic mass is 10.2. The molecule has 102 valence electrons. The van der Waals surface area contributed by atoms with Gasteiger partial charge >= 0.3 is 0 Å². The Kier molecular flexibility index (Phi) is 4.70. The number of aromatic nitrogens is 1. The second kappa shape index (κ2) is 6.69. The second-order valence-corrected chi connectivity index (χ2v) is 4.16. The van der Waals surface area contributed by atoms with Gasteiger partial charge in [0.2, 0.25) is 0 Å². The Hall–Kier alpha value is -2.38. The summed E-state index contributed by atoms with van der Waals surface area (Å²) in [5, 5.41) is 8.64. The van der Waals surface area contributed by atoms with Crippen LogP contribution in [0.5, 0.6) is 5.75 Å². The first-order valence-electron chi connectivity index (χ1n) is 6.13. The van der Waals surface area contributed by atoms with E-state index in [1.807, 2.05) is 25.1 Å². The number of hydrogen-bond donors (Lipinski definition) is 1. The Balaban J connectivity index is 2.12. The van der Waals surface area contributed by atoms with Crippen molar-refractivity contribution >= 4 is 0 Å². The van der Waals surface area contributed by atoms with Crippen LogP contribution >= 0.6 is 0 Å². The number of aryl methyl sites for hydroxylation is 1. The fraction of sp³-hybridized carbons (Fsp3) is 0.188. The van der Waals surface area contributed by atoms with Crippen LogP contribution in [0.15, 0.2) is 36.4 Å². The molecule has 1 N–H and O–H groups in total. The first-order chi connectivity index (χ1) is 9.69. The molecule has 0 radical (unpaired) electrons. The van der Waals surface area contributed by atoms with Crippen molar-refractivity contribution in [1.82, 2.24) is 4.98 Å². The summed E-state index contributed by atoms with van der Waals surface area (Å²) in [5.41, 5.74) is 2.21. The molecule has 1 heterocycles. The van der Waals surface area contributed by atoms with Crippen LogP contribution in [0.4, 0.5) is 4.39 Å². The normalized spacial score (nSPS) is 9.75. The molecular formula is C16H14FNO2. The Labute approximate surface area is 117 Å². The minimum atomic E-state index is -0.452. The van der Waals surface area contributed by atoms with Gasteiger partial charge in [0.05, 0.1) is 5.69 Å². The highest BCUT2D eigenvalue weighted by Crippen LogP contribution is 2.19. The number of aliphatic hydroxyl groups excluding tert-OH is 1. The predicted molar refractivity (Wildman–Crippen MR) is 73.7 cm³/mol. The standard InChI is InChI=1S/C16H14FNO2/c1-12-4-2-6-14(18-12)11-20-16-10-13(5-3-9-19)7-8-15(16)17/h2,4,6-8,10,19H,9,11H2,1H3. The number of aliphatic hydroxyl groups is 1. The molecule has 2 aromatic rings. The topological polar surface area (TPSA) is 42.4 Å². The minimum Gasteiger partial charge on any atom is -0.484 e. The highest BCUT2D eigenvalue weighted by Gasteiger charge is 2.05. The van der Waals surface area contributed by atoms with Gasteiger partial charge in [-0.05, 0) is 37.3 Å². The molecular weight excluding hydrogens is 257 g/mol. The van der Waals surface area contributed by atoms with Crippen LogP contribution in [-0.4, -0.2) is 16.7 Å². The molecule has 1 aromatic carbocycles. The first kappa shape index (κ1) is 14.0. The van der Waals surface area contributed by atoms with Crippen LogP contribution in [0.25, 0.3) is 0 Å². The van der Waals surface area contributed by atoms with Gasteiger partial charge in [-0.25, -0.2) is 4.39 Å². The first-order valence-corrected chi connectivity index (χ1v) is 6.13. The molecule has 0 spiro atoms. The Morgan fingerprint density at radius 1 is 1.30 bits per heavy atom. The van der Waals surface area contributed by atoms with E-state index in [1.165, 1.54) is 18.2 Å². The molecule has 0 aliphatic heterocycles. The minimum absolute atomic E-state index is 0.123. The summed E-state index contributed by atoms with van der Waals surface area (Å²) in [4.78, 5) is 4.28. The van der Waals surface area contributed by atoms with Crippen LogP contribution in [0.3, 0.4) is 0 Å². The van der Waals surface area contributed by atoms with Crippen molar-refractivity contribution in [3.63, 3.8) is 0 Å². The number of benzene rings is 1. The number of ether oxygens (including phenoxy) is 1. The van der Waals surface area contributed by atoms with Crippen molar-refractivity contribution in [2.45, 2.75) is 13.5 Å². The molecule has 0 fully saturated rings. The molecule has 20 heavy (non-hydrogen) atoms. The van der Waals surface area contributed by atoms with Crippen LogP contribution in [0.2, 0.25) is 0 Å². The number of hydrogen-bond acceptors (Lipinski definition) is 3. The summed E-state index contributed by atoms with van der Waals surface area (Å²) in [7, 11) is 0. The maximum Gasteiger partial charge on any atom is 0.165 e. The van der Waals surface area contributed by atoms with E-state index in [0.717, 1.165) is 11.4 Å². The number of halogens is 1. The quantitative estimate of drug-likeness (QED) is 0.872. The smallest absolute Gasteiger partial charge is 0.165 e. The van der Waals surface area contributed by atoms with Gasteiger partial charge in [0, 0.05) is 11.3 Å². The van der Waals surface area contributed by atoms with Gasteiger partial charge in [0.15, 0.2) is 11.6 Å². The van der Waals surface area contributed by atoms with Gasteiger partial charge in [0.25, 0.3) is 0 Å². The summed E-state index contributed by atoms with van der Waals surface area (Å²) in [5.74, 6) is 4.89. The predicted octanol–water partition coefficient (Wildman–Crippen LogP) is 2.45. The van der Waals surface area contributed by atoms with Gasteiger partial charge in [-0.15, -0.1) is 0 Å². The fourth-order valence-electron chi connectivity index (χ4n) is 1.66. The second-order valence-electron chi connectivity index (χ2n) is 4.16. The summed E-state index contributed by atoms with van der Waals surface area (Å²) >= 11 is 0. The molecule has 0 amide bonds. The molecule has 0 atom stereocenters. The third kappa shape index (κ3) is 3.81. The number of rotatable bonds is 3. The van der Waals surface area contributed by atoms with E-state index in [-0.39, 0.29) is 19.0 Å². The summed E-state index contributed by atoms with van der Waals surface area (Å²) in [6.07, 6.45) is 0. The van der Waals surface area contributed by atoms with Crippen molar-refractivity contribution in [2.24, 2.45) is 0 Å². The van der Waals surface area contributed by atoms with Crippen molar-refractivity contribution in [3.8, 4) is 17.6 Å². The van der Waals surface area contributed by atoms with Crippen molar-refractivity contribution in [2.75, 3.05) is 6.61 Å². The molecule has 0 bridgehead atoms. The lowest BCUT2D eigenvalue weighted by Gasteiger charge is -2.07. The molecule has 1 aromatic heterocycles. The maximum atomic E-state index is 13.6. The van der Waals surface area contributed by atoms with E-state index < -0.39 is 5.82 Å². The van der Waals surface area contributed by atoms with E-state index in [4.69, 9.17) is 9.84 Å². The van der Waals surface area contributed by atoms with Gasteiger partial charge in [0.1, 0.15) is 13.2 Å². The summed E-state index contributed by atoms with van der Waals surface area (Å²) in [6.45, 7) is 1.84. The SMILES string of the molecule is Cc1cccc(COc2cc(C#CCO)ccc2F)n1. The molecule has 4 heteroatoms. The van der Waals surface area contributed by atoms with E-state index in [0.29, 0.717) is 5.56 Å². The zero-order valence-corrected chi connectivity index (χ0v) is 11.1. The lowest BCUT2D eigenvalue weighted by Crippen LogP contribution is -2.00. The molecule has 0 unspecified atom stereocenters. The Morgan fingerprint density at radius 3 is 2.90 bits per heavy atom. The average molecular weight is 271 g/mol. The van der Waals surface area contributed by atoms with Crippen molar-refractivity contribution < 1.29 is 14.2 Å². The highest BCUT2D eigenvalue weighted by molar-refractivity contribution is 5.40. The number of pyridine rings is 1. The van der Waals surface area contributed by atoms with E-state index in [2.05, 4.69) is 16.8 Å². The van der Waals surface area contributed by atoms with E-state index in [1.54, 1.807) is 0 Å². The van der Waals surface area contributed by atoms with Crippen LogP contribution in [-0.2, 0) is 6.61 Å². The van der Waals surface area contributed by atoms with Crippen LogP contribution in [0, 0.1) is 24.6 Å². The highest BCUT2D eigenvalue weighted by atomic mass is 19.1. The Bertz CT molecular complexity index is 659. The van der Waals surface area contributed by atoms with Gasteiger partial charge in [-0.3, -0.25) is 4.98 Å². The number of nitrogens with zero attached hydrogens (tertiary/aromatic N) is 1. The molecule has 3 nitrogen and oxygen atoms in total. The zero-order chi connectivity index (χ0) is 14.4. The van der Waals surface area contributed by atoms with Gasteiger partial charge in [-0.1, -0.05) is 17.9 Å². The van der Waals surface area contributed by atoms with Crippen molar-refractivity contribution in [3.05, 3.63) is 59.2 Å². The zero-order valence-electron chi connectivity index (χ0n) is 11.1. The van der Waals surface area contributed by atoms with Crippen LogP contribution in [0.1, 0.15) is 17.0 Å². The van der Waals surface area contributed by atoms with Crippen molar-refractivity contribution in [1.29, 1.82) is 0 Å². The van der Waals surface area contributed by atoms with E-state index >= 15 is 0 Å². The Morgan fingerprint density at radius 2 is 2.15 bits per heavy atom.